The normalized spacial score (nSPS) is 21.0. The molecule has 0 aromatic carbocycles. The molecule has 1 saturated heterocycles. The number of hydrogen-bond acceptors (Lipinski definition) is 10. The maximum absolute atomic E-state index is 13.0. The molecule has 2 amide bonds. The minimum atomic E-state index is -4.15. The third-order valence-corrected chi connectivity index (χ3v) is 7.73. The highest BCUT2D eigenvalue weighted by Crippen LogP contribution is 2.40. The molecule has 18 heteroatoms. The molecule has 2 unspecified atom stereocenters. The number of nitrogens with two attached hydrogens (primary N) is 1. The number of amides is 2. The molecule has 6 N–H and O–H groups in total. The minimum absolute atomic E-state index is 0.106. The molecule has 1 fully saturated rings. The Hall–Kier alpha value is -3.37. The lowest BCUT2D eigenvalue weighted by Crippen LogP contribution is -2.71. The van der Waals surface area contributed by atoms with Crippen LogP contribution in [0, 0.1) is 0 Å². The van der Waals surface area contributed by atoms with Crippen LogP contribution >= 0.6 is 31.0 Å². The van der Waals surface area contributed by atoms with E-state index in [-0.39, 0.29) is 29.0 Å². The molecule has 2 aromatic rings. The van der Waals surface area contributed by atoms with Crippen molar-refractivity contribution >= 4 is 59.6 Å². The molecule has 0 aliphatic carbocycles. The van der Waals surface area contributed by atoms with Gasteiger partial charge >= 0.3 is 13.6 Å². The van der Waals surface area contributed by atoms with E-state index in [1.807, 2.05) is 22.8 Å². The van der Waals surface area contributed by atoms with Gasteiger partial charge in [0.05, 0.1) is 0 Å². The van der Waals surface area contributed by atoms with Crippen molar-refractivity contribution in [3.05, 3.63) is 47.7 Å². The molecular weight excluding hydrogens is 547 g/mol. The van der Waals surface area contributed by atoms with Gasteiger partial charge in [-0.3, -0.25) is 19.6 Å². The van der Waals surface area contributed by atoms with E-state index in [1.165, 1.54) is 16.7 Å². The maximum atomic E-state index is 13.0. The van der Waals surface area contributed by atoms with Crippen molar-refractivity contribution in [2.24, 2.45) is 10.7 Å². The molecule has 0 radical (unpaired) electrons. The van der Waals surface area contributed by atoms with Gasteiger partial charge in [0.1, 0.15) is 23.7 Å². The van der Waals surface area contributed by atoms with Gasteiger partial charge in [0.2, 0.25) is 16.7 Å². The Morgan fingerprint density at radius 3 is 2.76 bits per heavy atom. The zero-order chi connectivity index (χ0) is 26.7. The number of carbonyl (C=O) groups is 3. The summed E-state index contributed by atoms with van der Waals surface area (Å²) in [5, 5.41) is 17.4. The molecule has 0 spiro atoms. The lowest BCUT2D eigenvalue weighted by atomic mass is 10.0. The van der Waals surface area contributed by atoms with E-state index in [9.17, 15) is 28.9 Å². The maximum Gasteiger partial charge on any atom is 0.362 e. The van der Waals surface area contributed by atoms with Crippen LogP contribution in [0.2, 0.25) is 0 Å². The summed E-state index contributed by atoms with van der Waals surface area (Å²) in [4.78, 5) is 57.4. The molecule has 196 valence electrons. The second-order valence-electron chi connectivity index (χ2n) is 7.68. The standard InChI is InChI=1S/C19H21N8O7PS2/c1-2-34-23-11(14-22-19(37-25-14)24-35(20,32)33)15(28)21-12-16(29)27-13(18(30)31)10(9-36-17(12)27)8-26-6-4-3-5-7-26/h3-7,12,17H,2,8-9H2,1H3,(H5-,20,21,22,24,25,28,30,31,32,33)/p+1/b23-11-/t12?,17-/m1/s1. The largest absolute Gasteiger partial charge is 0.477 e. The molecule has 2 aliphatic rings. The van der Waals surface area contributed by atoms with Crippen molar-refractivity contribution in [3.63, 3.8) is 0 Å². The molecule has 0 bridgehead atoms. The number of carbonyl (C=O) groups excluding carboxylic acids is 2. The summed E-state index contributed by atoms with van der Waals surface area (Å²) in [6.07, 6.45) is 3.59. The Morgan fingerprint density at radius 1 is 1.38 bits per heavy atom. The van der Waals surface area contributed by atoms with Gasteiger partial charge in [-0.1, -0.05) is 11.2 Å². The molecule has 15 nitrogen and oxygen atoms in total. The molecular formula is C19H22N8O7PS2+. The number of β-lactam (4-membered cyclic amide) rings is 1. The van der Waals surface area contributed by atoms with E-state index in [4.69, 9.17) is 10.3 Å². The predicted octanol–water partition coefficient (Wildman–Crippen LogP) is -0.524. The summed E-state index contributed by atoms with van der Waals surface area (Å²) < 4.78 is 17.1. The Labute approximate surface area is 218 Å². The third kappa shape index (κ3) is 5.97. The molecule has 3 atom stereocenters. The van der Waals surface area contributed by atoms with Gasteiger partial charge in [0.25, 0.3) is 11.8 Å². The molecule has 4 heterocycles. The van der Waals surface area contributed by atoms with Crippen LogP contribution in [0.4, 0.5) is 5.13 Å². The van der Waals surface area contributed by atoms with Crippen molar-refractivity contribution < 1.29 is 38.4 Å². The number of aliphatic carboxylic acids is 1. The predicted molar refractivity (Wildman–Crippen MR) is 132 cm³/mol. The Morgan fingerprint density at radius 2 is 2.11 bits per heavy atom. The molecule has 4 rings (SSSR count). The number of rotatable bonds is 10. The fourth-order valence-corrected chi connectivity index (χ4v) is 6.23. The van der Waals surface area contributed by atoms with E-state index in [1.54, 1.807) is 19.3 Å². The van der Waals surface area contributed by atoms with E-state index >= 15 is 0 Å². The number of hydrogen-bond donors (Lipinski definition) is 5. The van der Waals surface area contributed by atoms with Gasteiger partial charge < -0.3 is 20.2 Å². The second kappa shape index (κ2) is 10.9. The van der Waals surface area contributed by atoms with Crippen LogP contribution < -0.4 is 20.5 Å². The van der Waals surface area contributed by atoms with Gasteiger partial charge in [-0.25, -0.2) is 19.4 Å². The molecule has 2 aliphatic heterocycles. The van der Waals surface area contributed by atoms with Crippen molar-refractivity contribution in [2.75, 3.05) is 17.4 Å². The van der Waals surface area contributed by atoms with Gasteiger partial charge in [0.15, 0.2) is 18.9 Å². The van der Waals surface area contributed by atoms with E-state index in [2.05, 4.69) is 24.9 Å². The fraction of sp³-hybridized carbons (Fsp3) is 0.316. The Kier molecular flexibility index (Phi) is 7.89. The van der Waals surface area contributed by atoms with Gasteiger partial charge in [-0.05, 0) is 6.92 Å². The lowest BCUT2D eigenvalue weighted by molar-refractivity contribution is -0.689. The van der Waals surface area contributed by atoms with Crippen molar-refractivity contribution in [1.82, 2.24) is 19.6 Å². The third-order valence-electron chi connectivity index (χ3n) is 5.08. The lowest BCUT2D eigenvalue weighted by Gasteiger charge is -2.49. The average Bonchev–Trinajstić information content (AvgIpc) is 3.29. The number of pyridine rings is 1. The molecule has 2 aromatic heterocycles. The molecule has 0 saturated carbocycles. The highest BCUT2D eigenvalue weighted by molar-refractivity contribution is 8.00. The van der Waals surface area contributed by atoms with E-state index < -0.39 is 36.9 Å². The smallest absolute Gasteiger partial charge is 0.362 e. The quantitative estimate of drug-likeness (QED) is 0.0803. The van der Waals surface area contributed by atoms with Crippen LogP contribution in [-0.4, -0.2) is 71.5 Å². The minimum Gasteiger partial charge on any atom is -0.477 e. The number of nitrogens with zero attached hydrogens (tertiary/aromatic N) is 5. The Balaban J connectivity index is 1.52. The van der Waals surface area contributed by atoms with Crippen molar-refractivity contribution in [3.8, 4) is 0 Å². The number of carboxylic acids is 1. The van der Waals surface area contributed by atoms with Gasteiger partial charge in [-0.2, -0.15) is 9.36 Å². The number of thioether (sulfide) groups is 1. The van der Waals surface area contributed by atoms with Crippen LogP contribution in [0.1, 0.15) is 12.7 Å². The number of oxime groups is 1. The zero-order valence-electron chi connectivity index (χ0n) is 19.2. The summed E-state index contributed by atoms with van der Waals surface area (Å²) in [5.74, 6) is -2.55. The highest BCUT2D eigenvalue weighted by atomic mass is 32.2. The Bertz CT molecular complexity index is 1330. The van der Waals surface area contributed by atoms with E-state index in [0.717, 1.165) is 0 Å². The van der Waals surface area contributed by atoms with Gasteiger partial charge in [-0.15, -0.1) is 11.8 Å². The number of aromatic nitrogens is 3. The van der Waals surface area contributed by atoms with Crippen LogP contribution in [0.5, 0.6) is 0 Å². The first kappa shape index (κ1) is 26.7. The number of nitrogens with one attached hydrogen (secondary N) is 2. The van der Waals surface area contributed by atoms with Crippen LogP contribution in [0.15, 0.2) is 47.0 Å². The summed E-state index contributed by atoms with van der Waals surface area (Å²) in [7, 11) is -4.15. The van der Waals surface area contributed by atoms with Crippen LogP contribution in [-0.2, 0) is 30.3 Å². The summed E-state index contributed by atoms with van der Waals surface area (Å²) in [6.45, 7) is 2.04. The summed E-state index contributed by atoms with van der Waals surface area (Å²) in [5.41, 5.74) is 5.14. The number of anilines is 1. The van der Waals surface area contributed by atoms with Crippen LogP contribution in [0.25, 0.3) is 0 Å². The molecule has 37 heavy (non-hydrogen) atoms. The first-order valence-electron chi connectivity index (χ1n) is 10.7. The first-order chi connectivity index (χ1) is 17.6. The number of fused-ring (bicyclic) bond motifs is 1. The van der Waals surface area contributed by atoms with Gasteiger partial charge in [0, 0.05) is 35.0 Å². The summed E-state index contributed by atoms with van der Waals surface area (Å²) >= 11 is 1.99. The SMILES string of the molecule is CCO/N=C(\C(=O)NC1C(=O)N2C(C(=O)O)=C(C[n+]3ccccc3)CS[C@H]12)c1nsc(NP(N)(=O)O)n1. The second-order valence-corrected chi connectivity index (χ2v) is 11.0. The highest BCUT2D eigenvalue weighted by Gasteiger charge is 2.54. The van der Waals surface area contributed by atoms with Crippen LogP contribution in [0.3, 0.4) is 0 Å². The fourth-order valence-electron chi connectivity index (χ4n) is 3.59. The monoisotopic (exact) mass is 569 g/mol. The number of carboxylic acid groups (broad SMARTS) is 1. The van der Waals surface area contributed by atoms with E-state index in [0.29, 0.717) is 29.4 Å². The van der Waals surface area contributed by atoms with Crippen molar-refractivity contribution in [1.29, 1.82) is 0 Å². The summed E-state index contributed by atoms with van der Waals surface area (Å²) in [6, 6.07) is 4.44. The average molecular weight is 570 g/mol. The zero-order valence-corrected chi connectivity index (χ0v) is 21.7. The first-order valence-corrected chi connectivity index (χ1v) is 14.2. The van der Waals surface area contributed by atoms with Crippen molar-refractivity contribution in [2.45, 2.75) is 24.9 Å². The topological polar surface area (TPSA) is 213 Å².